The number of carbonyl (C=O) groups is 1. The van der Waals surface area contributed by atoms with Crippen molar-refractivity contribution in [2.45, 2.75) is 124 Å². The largest absolute Gasteiger partial charge is 0.390 e. The second-order valence-electron chi connectivity index (χ2n) is 14.2. The first kappa shape index (κ1) is 25.4. The number of fused-ring (bicyclic) bond motifs is 5. The monoisotopic (exact) mass is 458 g/mol. The number of ketones is 1. The minimum atomic E-state index is -0.748. The molecule has 4 aliphatic carbocycles. The summed E-state index contributed by atoms with van der Waals surface area (Å²) in [5, 5.41) is 21.9. The van der Waals surface area contributed by atoms with E-state index in [2.05, 4.69) is 41.2 Å². The van der Waals surface area contributed by atoms with Crippen LogP contribution in [-0.4, -0.2) is 27.7 Å². The van der Waals surface area contributed by atoms with Gasteiger partial charge in [-0.1, -0.05) is 46.8 Å². The van der Waals surface area contributed by atoms with Gasteiger partial charge in [0, 0.05) is 11.8 Å². The Morgan fingerprint density at radius 1 is 1.03 bits per heavy atom. The van der Waals surface area contributed by atoms with E-state index in [1.54, 1.807) is 0 Å². The molecular formula is C30H50O3. The van der Waals surface area contributed by atoms with Gasteiger partial charge in [0.05, 0.1) is 11.7 Å². The van der Waals surface area contributed by atoms with Crippen molar-refractivity contribution in [1.82, 2.24) is 0 Å². The third-order valence-electron chi connectivity index (χ3n) is 12.4. The van der Waals surface area contributed by atoms with E-state index in [0.717, 1.165) is 31.3 Å². The van der Waals surface area contributed by atoms with Gasteiger partial charge in [0.15, 0.2) is 0 Å². The first-order valence-corrected chi connectivity index (χ1v) is 13.7. The molecule has 0 aliphatic heterocycles. The van der Waals surface area contributed by atoms with Gasteiger partial charge in [-0.2, -0.15) is 0 Å². The van der Waals surface area contributed by atoms with Crippen molar-refractivity contribution in [1.29, 1.82) is 0 Å². The number of hydrogen-bond acceptors (Lipinski definition) is 3. The van der Waals surface area contributed by atoms with Crippen LogP contribution >= 0.6 is 0 Å². The fraction of sp³-hybridized carbons (Fsp3) is 0.900. The van der Waals surface area contributed by atoms with Gasteiger partial charge in [-0.15, -0.1) is 0 Å². The Morgan fingerprint density at radius 2 is 1.67 bits per heavy atom. The molecule has 3 heteroatoms. The summed E-state index contributed by atoms with van der Waals surface area (Å²) in [6.07, 6.45) is 9.58. The Hall–Kier alpha value is -0.670. The highest BCUT2D eigenvalue weighted by molar-refractivity contribution is 5.85. The minimum Gasteiger partial charge on any atom is -0.390 e. The molecule has 0 aromatic heterocycles. The van der Waals surface area contributed by atoms with E-state index < -0.39 is 11.7 Å². The summed E-state index contributed by atoms with van der Waals surface area (Å²) >= 11 is 0. The standard InChI is InChI=1S/C30H50O3/c1-19(2)22(31)12-18-30(8,33)21-11-16-28(6)20(21)9-10-24-27(5)15-14-25(32)26(3,4)23(27)13-17-29(24,28)7/h20-24,31,33H,1,9-18H2,2-8H3/t20?,21-,22+,23?,24+,27-,28+,29+,30-/m0/s1. The predicted octanol–water partition coefficient (Wildman–Crippen LogP) is 6.71. The molecule has 33 heavy (non-hydrogen) atoms. The highest BCUT2D eigenvalue weighted by Crippen LogP contribution is 2.75. The second kappa shape index (κ2) is 7.92. The Morgan fingerprint density at radius 3 is 2.30 bits per heavy atom. The highest BCUT2D eigenvalue weighted by Gasteiger charge is 2.69. The number of carbonyl (C=O) groups excluding carboxylic acids is 1. The molecule has 0 bridgehead atoms. The molecule has 0 aromatic carbocycles. The van der Waals surface area contributed by atoms with Crippen molar-refractivity contribution in [2.75, 3.05) is 0 Å². The van der Waals surface area contributed by atoms with Crippen molar-refractivity contribution in [3.05, 3.63) is 12.2 Å². The number of hydrogen-bond donors (Lipinski definition) is 2. The average Bonchev–Trinajstić information content (AvgIpc) is 3.08. The zero-order valence-electron chi connectivity index (χ0n) is 22.5. The molecule has 0 saturated heterocycles. The van der Waals surface area contributed by atoms with E-state index >= 15 is 0 Å². The van der Waals surface area contributed by atoms with Gasteiger partial charge in [0.25, 0.3) is 0 Å². The number of aliphatic hydroxyl groups is 2. The Balaban J connectivity index is 1.60. The van der Waals surface area contributed by atoms with Crippen LogP contribution in [0.25, 0.3) is 0 Å². The smallest absolute Gasteiger partial charge is 0.138 e. The molecule has 3 nitrogen and oxygen atoms in total. The maximum absolute atomic E-state index is 12.9. The maximum atomic E-state index is 12.9. The van der Waals surface area contributed by atoms with Crippen LogP contribution in [0.1, 0.15) is 113 Å². The van der Waals surface area contributed by atoms with Crippen LogP contribution in [0.5, 0.6) is 0 Å². The lowest BCUT2D eigenvalue weighted by molar-refractivity contribution is -0.207. The predicted molar refractivity (Wildman–Crippen MR) is 135 cm³/mol. The van der Waals surface area contributed by atoms with Crippen molar-refractivity contribution < 1.29 is 15.0 Å². The van der Waals surface area contributed by atoms with Gasteiger partial charge >= 0.3 is 0 Å². The lowest BCUT2D eigenvalue weighted by Crippen LogP contribution is -2.63. The molecule has 0 amide bonds. The minimum absolute atomic E-state index is 0.196. The fourth-order valence-corrected chi connectivity index (χ4v) is 10.1. The van der Waals surface area contributed by atoms with Gasteiger partial charge < -0.3 is 10.2 Å². The van der Waals surface area contributed by atoms with Crippen molar-refractivity contribution in [2.24, 2.45) is 45.3 Å². The van der Waals surface area contributed by atoms with Crippen LogP contribution in [0, 0.1) is 45.3 Å². The molecule has 4 aliphatic rings. The van der Waals surface area contributed by atoms with Gasteiger partial charge in [0.1, 0.15) is 5.78 Å². The molecule has 188 valence electrons. The lowest BCUT2D eigenvalue weighted by atomic mass is 9.35. The topological polar surface area (TPSA) is 57.5 Å². The van der Waals surface area contributed by atoms with Gasteiger partial charge in [-0.05, 0) is 112 Å². The normalized spacial score (nSPS) is 47.1. The average molecular weight is 459 g/mol. The first-order chi connectivity index (χ1) is 15.1. The summed E-state index contributed by atoms with van der Waals surface area (Å²) in [7, 11) is 0. The summed E-state index contributed by atoms with van der Waals surface area (Å²) in [5.41, 5.74) is 0.580. The summed E-state index contributed by atoms with van der Waals surface area (Å²) < 4.78 is 0. The van der Waals surface area contributed by atoms with Gasteiger partial charge in [-0.25, -0.2) is 0 Å². The van der Waals surface area contributed by atoms with Crippen molar-refractivity contribution >= 4 is 5.78 Å². The van der Waals surface area contributed by atoms with Crippen molar-refractivity contribution in [3.63, 3.8) is 0 Å². The van der Waals surface area contributed by atoms with Crippen molar-refractivity contribution in [3.8, 4) is 0 Å². The van der Waals surface area contributed by atoms with E-state index in [9.17, 15) is 15.0 Å². The molecule has 4 rings (SSSR count). The van der Waals surface area contributed by atoms with Crippen LogP contribution in [0.3, 0.4) is 0 Å². The zero-order valence-corrected chi connectivity index (χ0v) is 22.5. The molecule has 0 heterocycles. The molecule has 0 spiro atoms. The third kappa shape index (κ3) is 3.53. The number of Topliss-reactive ketones (excluding diaryl/α,β-unsaturated/α-hetero) is 1. The SMILES string of the molecule is C=C(C)[C@H](O)CC[C@](C)(O)[C@H]1CC[C@]2(C)C1CC[C@@H]1[C@@]3(C)CCC(=O)C(C)(C)C3CC[C@]12C. The molecule has 2 unspecified atom stereocenters. The van der Waals surface area contributed by atoms with Gasteiger partial charge in [0.2, 0.25) is 0 Å². The van der Waals surface area contributed by atoms with Crippen LogP contribution in [0.4, 0.5) is 0 Å². The summed E-state index contributed by atoms with van der Waals surface area (Å²) in [4.78, 5) is 12.9. The van der Waals surface area contributed by atoms with Crippen LogP contribution < -0.4 is 0 Å². The van der Waals surface area contributed by atoms with Crippen LogP contribution in [-0.2, 0) is 4.79 Å². The summed E-state index contributed by atoms with van der Waals surface area (Å²) in [6.45, 7) is 19.9. The lowest BCUT2D eigenvalue weighted by Gasteiger charge is -2.69. The van der Waals surface area contributed by atoms with E-state index in [-0.39, 0.29) is 21.7 Å². The van der Waals surface area contributed by atoms with Gasteiger partial charge in [-0.3, -0.25) is 4.79 Å². The molecule has 2 N–H and O–H groups in total. The summed E-state index contributed by atoms with van der Waals surface area (Å²) in [5.74, 6) is 2.46. The van der Waals surface area contributed by atoms with E-state index in [0.29, 0.717) is 42.3 Å². The maximum Gasteiger partial charge on any atom is 0.138 e. The van der Waals surface area contributed by atoms with Crippen LogP contribution in [0.15, 0.2) is 12.2 Å². The van der Waals surface area contributed by atoms with Crippen LogP contribution in [0.2, 0.25) is 0 Å². The second-order valence-corrected chi connectivity index (χ2v) is 14.2. The zero-order chi connectivity index (χ0) is 24.6. The number of aliphatic hydroxyl groups excluding tert-OH is 1. The number of rotatable bonds is 5. The molecule has 0 aromatic rings. The molecule has 4 saturated carbocycles. The molecular weight excluding hydrogens is 408 g/mol. The van der Waals surface area contributed by atoms with E-state index in [1.807, 2.05) is 13.8 Å². The Kier molecular flexibility index (Phi) is 6.10. The van der Waals surface area contributed by atoms with E-state index in [4.69, 9.17) is 0 Å². The van der Waals surface area contributed by atoms with E-state index in [1.165, 1.54) is 25.7 Å². The quantitative estimate of drug-likeness (QED) is 0.450. The molecule has 4 fully saturated rings. The molecule has 9 atom stereocenters. The first-order valence-electron chi connectivity index (χ1n) is 13.7. The Labute approximate surface area is 202 Å². The fourth-order valence-electron chi connectivity index (χ4n) is 10.1. The molecule has 0 radical (unpaired) electrons. The Bertz CT molecular complexity index is 811. The highest BCUT2D eigenvalue weighted by atomic mass is 16.3. The summed E-state index contributed by atoms with van der Waals surface area (Å²) in [6, 6.07) is 0. The third-order valence-corrected chi connectivity index (χ3v) is 12.4.